The number of hydrogen-bond donors (Lipinski definition) is 0. The fourth-order valence-corrected chi connectivity index (χ4v) is 2.32. The molecule has 1 aliphatic heterocycles. The van der Waals surface area contributed by atoms with Crippen molar-refractivity contribution in [2.24, 2.45) is 0 Å². The SMILES string of the molecule is COc1ccc(C2=C(c3ccccc3)COC2=O)cc1. The van der Waals surface area contributed by atoms with Crippen LogP contribution < -0.4 is 4.74 Å². The molecule has 0 aliphatic carbocycles. The third-order valence-electron chi connectivity index (χ3n) is 3.35. The molecule has 1 aliphatic rings. The molecule has 2 aromatic carbocycles. The van der Waals surface area contributed by atoms with Crippen LogP contribution in [0, 0.1) is 0 Å². The van der Waals surface area contributed by atoms with E-state index in [9.17, 15) is 4.79 Å². The van der Waals surface area contributed by atoms with Crippen LogP contribution in [-0.2, 0) is 9.53 Å². The van der Waals surface area contributed by atoms with E-state index in [1.807, 2.05) is 54.6 Å². The molecule has 0 amide bonds. The van der Waals surface area contributed by atoms with Gasteiger partial charge in [-0.1, -0.05) is 42.5 Å². The van der Waals surface area contributed by atoms with Crippen molar-refractivity contribution in [3.8, 4) is 5.75 Å². The van der Waals surface area contributed by atoms with E-state index in [0.717, 1.165) is 22.4 Å². The zero-order valence-corrected chi connectivity index (χ0v) is 11.1. The number of carbonyl (C=O) groups is 1. The predicted molar refractivity (Wildman–Crippen MR) is 77.2 cm³/mol. The van der Waals surface area contributed by atoms with E-state index in [4.69, 9.17) is 9.47 Å². The lowest BCUT2D eigenvalue weighted by Gasteiger charge is -2.05. The highest BCUT2D eigenvalue weighted by Crippen LogP contribution is 2.33. The molecule has 0 saturated carbocycles. The van der Waals surface area contributed by atoms with E-state index in [0.29, 0.717) is 12.2 Å². The van der Waals surface area contributed by atoms with Gasteiger partial charge in [-0.3, -0.25) is 0 Å². The van der Waals surface area contributed by atoms with Crippen LogP contribution >= 0.6 is 0 Å². The van der Waals surface area contributed by atoms with Crippen LogP contribution in [0.1, 0.15) is 11.1 Å². The van der Waals surface area contributed by atoms with E-state index in [-0.39, 0.29) is 5.97 Å². The molecular formula is C17H14O3. The Kier molecular flexibility index (Phi) is 3.25. The second kappa shape index (κ2) is 5.21. The monoisotopic (exact) mass is 266 g/mol. The van der Waals surface area contributed by atoms with Gasteiger partial charge in [0.2, 0.25) is 0 Å². The van der Waals surface area contributed by atoms with Crippen LogP contribution in [0.4, 0.5) is 0 Å². The summed E-state index contributed by atoms with van der Waals surface area (Å²) < 4.78 is 10.3. The Morgan fingerprint density at radius 3 is 2.30 bits per heavy atom. The molecule has 0 N–H and O–H groups in total. The number of cyclic esters (lactones) is 1. The van der Waals surface area contributed by atoms with E-state index in [1.165, 1.54) is 0 Å². The molecule has 2 aromatic rings. The zero-order chi connectivity index (χ0) is 13.9. The maximum Gasteiger partial charge on any atom is 0.339 e. The number of methoxy groups -OCH3 is 1. The summed E-state index contributed by atoms with van der Waals surface area (Å²) in [5.41, 5.74) is 3.44. The average Bonchev–Trinajstić information content (AvgIpc) is 2.90. The van der Waals surface area contributed by atoms with Crippen LogP contribution in [0.25, 0.3) is 11.1 Å². The molecular weight excluding hydrogens is 252 g/mol. The number of rotatable bonds is 3. The van der Waals surface area contributed by atoms with Crippen molar-refractivity contribution < 1.29 is 14.3 Å². The second-order valence-corrected chi connectivity index (χ2v) is 4.52. The van der Waals surface area contributed by atoms with Gasteiger partial charge in [-0.2, -0.15) is 0 Å². The molecule has 100 valence electrons. The molecule has 20 heavy (non-hydrogen) atoms. The highest BCUT2D eigenvalue weighted by Gasteiger charge is 2.26. The topological polar surface area (TPSA) is 35.5 Å². The minimum Gasteiger partial charge on any atom is -0.497 e. The molecule has 0 atom stereocenters. The van der Waals surface area contributed by atoms with Crippen LogP contribution in [0.5, 0.6) is 5.75 Å². The van der Waals surface area contributed by atoms with E-state index < -0.39 is 0 Å². The van der Waals surface area contributed by atoms with Crippen LogP contribution in [0.3, 0.4) is 0 Å². The van der Waals surface area contributed by atoms with Gasteiger partial charge >= 0.3 is 5.97 Å². The van der Waals surface area contributed by atoms with E-state index in [1.54, 1.807) is 7.11 Å². The van der Waals surface area contributed by atoms with Crippen molar-refractivity contribution in [2.45, 2.75) is 0 Å². The molecule has 0 saturated heterocycles. The lowest BCUT2D eigenvalue weighted by molar-refractivity contribution is -0.133. The van der Waals surface area contributed by atoms with E-state index >= 15 is 0 Å². The number of benzene rings is 2. The summed E-state index contributed by atoms with van der Waals surface area (Å²) in [5.74, 6) is 0.496. The van der Waals surface area contributed by atoms with Gasteiger partial charge in [-0.15, -0.1) is 0 Å². The number of esters is 1. The van der Waals surface area contributed by atoms with Gasteiger partial charge in [0.25, 0.3) is 0 Å². The molecule has 0 radical (unpaired) electrons. The summed E-state index contributed by atoms with van der Waals surface area (Å²) in [4.78, 5) is 12.0. The smallest absolute Gasteiger partial charge is 0.339 e. The Bertz CT molecular complexity index is 654. The Morgan fingerprint density at radius 2 is 1.65 bits per heavy atom. The molecule has 3 heteroatoms. The predicted octanol–water partition coefficient (Wildman–Crippen LogP) is 3.16. The first kappa shape index (κ1) is 12.5. The summed E-state index contributed by atoms with van der Waals surface area (Å²) >= 11 is 0. The van der Waals surface area contributed by atoms with Crippen LogP contribution in [-0.4, -0.2) is 19.7 Å². The first-order valence-corrected chi connectivity index (χ1v) is 6.39. The minimum atomic E-state index is -0.269. The van der Waals surface area contributed by atoms with Gasteiger partial charge in [0.15, 0.2) is 0 Å². The Balaban J connectivity index is 2.09. The van der Waals surface area contributed by atoms with Crippen LogP contribution in [0.15, 0.2) is 54.6 Å². The maximum absolute atomic E-state index is 12.0. The lowest BCUT2D eigenvalue weighted by Crippen LogP contribution is -1.98. The van der Waals surface area contributed by atoms with Gasteiger partial charge in [0.1, 0.15) is 12.4 Å². The van der Waals surface area contributed by atoms with Crippen molar-refractivity contribution in [1.29, 1.82) is 0 Å². The average molecular weight is 266 g/mol. The maximum atomic E-state index is 12.0. The molecule has 1 heterocycles. The number of hydrogen-bond acceptors (Lipinski definition) is 3. The first-order chi connectivity index (χ1) is 9.79. The summed E-state index contributed by atoms with van der Waals surface area (Å²) in [6.07, 6.45) is 0. The van der Waals surface area contributed by atoms with Crippen molar-refractivity contribution >= 4 is 17.1 Å². The fraction of sp³-hybridized carbons (Fsp3) is 0.118. The molecule has 0 unspecified atom stereocenters. The van der Waals surface area contributed by atoms with Crippen molar-refractivity contribution in [3.63, 3.8) is 0 Å². The third-order valence-corrected chi connectivity index (χ3v) is 3.35. The highest BCUT2D eigenvalue weighted by atomic mass is 16.5. The van der Waals surface area contributed by atoms with Crippen LogP contribution in [0.2, 0.25) is 0 Å². The van der Waals surface area contributed by atoms with Gasteiger partial charge in [-0.25, -0.2) is 4.79 Å². The second-order valence-electron chi connectivity index (χ2n) is 4.52. The van der Waals surface area contributed by atoms with Gasteiger partial charge in [0.05, 0.1) is 12.7 Å². The highest BCUT2D eigenvalue weighted by molar-refractivity contribution is 6.27. The van der Waals surface area contributed by atoms with Crippen molar-refractivity contribution in [1.82, 2.24) is 0 Å². The molecule has 0 bridgehead atoms. The molecule has 0 spiro atoms. The third kappa shape index (κ3) is 2.18. The fourth-order valence-electron chi connectivity index (χ4n) is 2.32. The van der Waals surface area contributed by atoms with Gasteiger partial charge in [0, 0.05) is 5.57 Å². The normalized spacial score (nSPS) is 14.3. The van der Waals surface area contributed by atoms with Crippen molar-refractivity contribution in [3.05, 3.63) is 65.7 Å². The van der Waals surface area contributed by atoms with Gasteiger partial charge in [-0.05, 0) is 23.3 Å². The van der Waals surface area contributed by atoms with Gasteiger partial charge < -0.3 is 9.47 Å². The Hall–Kier alpha value is -2.55. The molecule has 3 nitrogen and oxygen atoms in total. The number of carbonyl (C=O) groups excluding carboxylic acids is 1. The lowest BCUT2D eigenvalue weighted by atomic mass is 9.97. The number of ether oxygens (including phenoxy) is 2. The largest absolute Gasteiger partial charge is 0.497 e. The van der Waals surface area contributed by atoms with E-state index in [2.05, 4.69) is 0 Å². The minimum absolute atomic E-state index is 0.269. The zero-order valence-electron chi connectivity index (χ0n) is 11.1. The quantitative estimate of drug-likeness (QED) is 0.800. The standard InChI is InChI=1S/C17H14O3/c1-19-14-9-7-13(8-10-14)16-15(11-20-17(16)18)12-5-3-2-4-6-12/h2-10H,11H2,1H3. The summed E-state index contributed by atoms with van der Waals surface area (Å²) in [6, 6.07) is 17.3. The summed E-state index contributed by atoms with van der Waals surface area (Å²) in [5, 5.41) is 0. The molecule has 0 aromatic heterocycles. The Morgan fingerprint density at radius 1 is 0.950 bits per heavy atom. The molecule has 3 rings (SSSR count). The summed E-state index contributed by atoms with van der Waals surface area (Å²) in [7, 11) is 1.62. The van der Waals surface area contributed by atoms with Crippen molar-refractivity contribution in [2.75, 3.05) is 13.7 Å². The molecule has 0 fully saturated rings. The summed E-state index contributed by atoms with van der Waals surface area (Å²) in [6.45, 7) is 0.324. The first-order valence-electron chi connectivity index (χ1n) is 6.39. The Labute approximate surface area is 117 Å².